The third kappa shape index (κ3) is 3.92. The van der Waals surface area contributed by atoms with Crippen LogP contribution in [0, 0.1) is 0 Å². The number of alkyl halides is 3. The van der Waals surface area contributed by atoms with Crippen LogP contribution in [0.2, 0.25) is 5.02 Å². The van der Waals surface area contributed by atoms with E-state index in [1.165, 1.54) is 24.4 Å². The number of halogens is 4. The Morgan fingerprint density at radius 2 is 1.70 bits per heavy atom. The number of aromatic nitrogens is 1. The fourth-order valence-electron chi connectivity index (χ4n) is 1.34. The number of hydrogen-bond donors (Lipinski definition) is 1. The maximum Gasteiger partial charge on any atom is 0.573 e. The number of pyridine rings is 1. The summed E-state index contributed by atoms with van der Waals surface area (Å²) in [7, 11) is 0. The molecule has 0 spiro atoms. The Morgan fingerprint density at radius 3 is 2.25 bits per heavy atom. The van der Waals surface area contributed by atoms with Crippen molar-refractivity contribution in [2.24, 2.45) is 0 Å². The minimum Gasteiger partial charge on any atom is -0.438 e. The molecule has 1 aromatic heterocycles. The predicted molar refractivity (Wildman–Crippen MR) is 66.9 cm³/mol. The third-order valence-electron chi connectivity index (χ3n) is 2.10. The molecule has 0 saturated carbocycles. The van der Waals surface area contributed by atoms with Gasteiger partial charge in [0.15, 0.2) is 0 Å². The Labute approximate surface area is 116 Å². The summed E-state index contributed by atoms with van der Waals surface area (Å²) in [5, 5.41) is 0.195. The fraction of sp³-hybridized carbons (Fsp3) is 0.0833. The van der Waals surface area contributed by atoms with Crippen molar-refractivity contribution < 1.29 is 22.6 Å². The highest BCUT2D eigenvalue weighted by Gasteiger charge is 2.30. The standard InChI is InChI=1S/C12H8ClF3N2O2/c13-10-5-7(17)6-18-11(10)19-8-1-3-9(4-2-8)20-12(14,15)16/h1-6H,17H2. The molecule has 0 radical (unpaired) electrons. The summed E-state index contributed by atoms with van der Waals surface area (Å²) in [5.74, 6) is 0.0188. The van der Waals surface area contributed by atoms with Gasteiger partial charge in [0.25, 0.3) is 0 Å². The molecule has 2 aromatic rings. The number of nitrogens with zero attached hydrogens (tertiary/aromatic N) is 1. The number of anilines is 1. The highest BCUT2D eigenvalue weighted by molar-refractivity contribution is 6.32. The second-order valence-electron chi connectivity index (χ2n) is 3.68. The van der Waals surface area contributed by atoms with Gasteiger partial charge < -0.3 is 15.2 Å². The van der Waals surface area contributed by atoms with Crippen molar-refractivity contribution in [3.8, 4) is 17.4 Å². The van der Waals surface area contributed by atoms with E-state index in [0.29, 0.717) is 5.69 Å². The van der Waals surface area contributed by atoms with Crippen LogP contribution in [0.25, 0.3) is 0 Å². The van der Waals surface area contributed by atoms with Crippen molar-refractivity contribution in [1.29, 1.82) is 0 Å². The summed E-state index contributed by atoms with van der Waals surface area (Å²) in [5.41, 5.74) is 5.85. The molecule has 0 atom stereocenters. The smallest absolute Gasteiger partial charge is 0.438 e. The number of nitrogens with two attached hydrogens (primary N) is 1. The SMILES string of the molecule is Nc1cnc(Oc2ccc(OC(F)(F)F)cc2)c(Cl)c1. The molecule has 2 rings (SSSR count). The molecule has 1 heterocycles. The largest absolute Gasteiger partial charge is 0.573 e. The van der Waals surface area contributed by atoms with E-state index in [-0.39, 0.29) is 22.4 Å². The summed E-state index contributed by atoms with van der Waals surface area (Å²) >= 11 is 5.86. The van der Waals surface area contributed by atoms with Crippen molar-refractivity contribution in [3.05, 3.63) is 41.6 Å². The Morgan fingerprint density at radius 1 is 1.10 bits per heavy atom. The lowest BCUT2D eigenvalue weighted by molar-refractivity contribution is -0.274. The average molecular weight is 305 g/mol. The fourth-order valence-corrected chi connectivity index (χ4v) is 1.55. The minimum atomic E-state index is -4.73. The van der Waals surface area contributed by atoms with Crippen LogP contribution in [0.1, 0.15) is 0 Å². The molecule has 0 fully saturated rings. The lowest BCUT2D eigenvalue weighted by Crippen LogP contribution is -2.16. The molecule has 106 valence electrons. The van der Waals surface area contributed by atoms with Crippen LogP contribution in [-0.2, 0) is 0 Å². The van der Waals surface area contributed by atoms with Gasteiger partial charge in [-0.2, -0.15) is 0 Å². The van der Waals surface area contributed by atoms with E-state index >= 15 is 0 Å². The first-order chi connectivity index (χ1) is 9.33. The molecular formula is C12H8ClF3N2O2. The molecule has 0 amide bonds. The number of ether oxygens (including phenoxy) is 2. The maximum atomic E-state index is 12.0. The highest BCUT2D eigenvalue weighted by atomic mass is 35.5. The summed E-state index contributed by atoms with van der Waals surface area (Å²) < 4.78 is 45.0. The first-order valence-electron chi connectivity index (χ1n) is 5.28. The zero-order valence-corrected chi connectivity index (χ0v) is 10.6. The third-order valence-corrected chi connectivity index (χ3v) is 2.37. The quantitative estimate of drug-likeness (QED) is 0.931. The van der Waals surface area contributed by atoms with Crippen molar-refractivity contribution in [3.63, 3.8) is 0 Å². The summed E-state index contributed by atoms with van der Waals surface area (Å²) in [6.45, 7) is 0. The maximum absolute atomic E-state index is 12.0. The molecule has 0 aliphatic carbocycles. The molecule has 0 bridgehead atoms. The Hall–Kier alpha value is -2.15. The zero-order chi connectivity index (χ0) is 14.8. The highest BCUT2D eigenvalue weighted by Crippen LogP contribution is 2.30. The number of nitrogen functional groups attached to an aromatic ring is 1. The number of hydrogen-bond acceptors (Lipinski definition) is 4. The topological polar surface area (TPSA) is 57.4 Å². The minimum absolute atomic E-state index is 0.102. The van der Waals surface area contributed by atoms with Gasteiger partial charge >= 0.3 is 6.36 Å². The normalized spacial score (nSPS) is 11.2. The molecule has 0 unspecified atom stereocenters. The summed E-state index contributed by atoms with van der Waals surface area (Å²) in [6.07, 6.45) is -3.38. The van der Waals surface area contributed by atoms with Gasteiger partial charge in [0, 0.05) is 0 Å². The second kappa shape index (κ2) is 5.46. The van der Waals surface area contributed by atoms with Gasteiger partial charge in [-0.15, -0.1) is 13.2 Å². The van der Waals surface area contributed by atoms with Gasteiger partial charge in [-0.05, 0) is 30.3 Å². The molecule has 0 saturated heterocycles. The van der Waals surface area contributed by atoms with Crippen LogP contribution < -0.4 is 15.2 Å². The Kier molecular flexibility index (Phi) is 3.89. The monoisotopic (exact) mass is 304 g/mol. The van der Waals surface area contributed by atoms with Crippen LogP contribution in [-0.4, -0.2) is 11.3 Å². The van der Waals surface area contributed by atoms with Gasteiger partial charge in [-0.25, -0.2) is 4.98 Å². The van der Waals surface area contributed by atoms with Crippen LogP contribution in [0.4, 0.5) is 18.9 Å². The van der Waals surface area contributed by atoms with Gasteiger partial charge in [-0.1, -0.05) is 11.6 Å². The zero-order valence-electron chi connectivity index (χ0n) is 9.82. The molecular weight excluding hydrogens is 297 g/mol. The predicted octanol–water partition coefficient (Wildman–Crippen LogP) is 4.01. The van der Waals surface area contributed by atoms with Crippen LogP contribution in [0.15, 0.2) is 36.5 Å². The van der Waals surface area contributed by atoms with E-state index in [4.69, 9.17) is 22.1 Å². The molecule has 20 heavy (non-hydrogen) atoms. The molecule has 4 nitrogen and oxygen atoms in total. The van der Waals surface area contributed by atoms with Crippen LogP contribution >= 0.6 is 11.6 Å². The first kappa shape index (κ1) is 14.3. The Bertz CT molecular complexity index is 603. The molecule has 8 heteroatoms. The summed E-state index contributed by atoms with van der Waals surface area (Å²) in [4.78, 5) is 3.86. The van der Waals surface area contributed by atoms with E-state index in [1.54, 1.807) is 0 Å². The van der Waals surface area contributed by atoms with Gasteiger partial charge in [0.05, 0.1) is 11.9 Å². The number of benzene rings is 1. The van der Waals surface area contributed by atoms with E-state index in [0.717, 1.165) is 12.1 Å². The Balaban J connectivity index is 2.11. The summed E-state index contributed by atoms with van der Waals surface area (Å²) in [6, 6.07) is 6.29. The van der Waals surface area contributed by atoms with Crippen molar-refractivity contribution in [1.82, 2.24) is 4.98 Å². The first-order valence-corrected chi connectivity index (χ1v) is 5.66. The molecule has 2 N–H and O–H groups in total. The van der Waals surface area contributed by atoms with E-state index in [1.807, 2.05) is 0 Å². The van der Waals surface area contributed by atoms with Crippen molar-refractivity contribution in [2.75, 3.05) is 5.73 Å². The van der Waals surface area contributed by atoms with Crippen LogP contribution in [0.3, 0.4) is 0 Å². The lowest BCUT2D eigenvalue weighted by Gasteiger charge is -2.10. The molecule has 1 aromatic carbocycles. The van der Waals surface area contributed by atoms with E-state index < -0.39 is 6.36 Å². The molecule has 0 aliphatic rings. The van der Waals surface area contributed by atoms with E-state index in [2.05, 4.69) is 9.72 Å². The van der Waals surface area contributed by atoms with Crippen molar-refractivity contribution in [2.45, 2.75) is 6.36 Å². The van der Waals surface area contributed by atoms with Crippen LogP contribution in [0.5, 0.6) is 17.4 Å². The van der Waals surface area contributed by atoms with Gasteiger partial charge in [0.1, 0.15) is 16.5 Å². The molecule has 0 aliphatic heterocycles. The van der Waals surface area contributed by atoms with E-state index in [9.17, 15) is 13.2 Å². The average Bonchev–Trinajstić information content (AvgIpc) is 2.33. The lowest BCUT2D eigenvalue weighted by atomic mass is 10.3. The van der Waals surface area contributed by atoms with Gasteiger partial charge in [0.2, 0.25) is 5.88 Å². The van der Waals surface area contributed by atoms with Crippen molar-refractivity contribution >= 4 is 17.3 Å². The van der Waals surface area contributed by atoms with Gasteiger partial charge in [-0.3, -0.25) is 0 Å². The number of rotatable bonds is 3. The second-order valence-corrected chi connectivity index (χ2v) is 4.08.